The van der Waals surface area contributed by atoms with E-state index < -0.39 is 6.10 Å². The third kappa shape index (κ3) is 64.2. The zero-order chi connectivity index (χ0) is 56.4. The minimum absolute atomic E-state index is 0.0732. The third-order valence-electron chi connectivity index (χ3n) is 15.5. The maximum absolute atomic E-state index is 12.9. The maximum atomic E-state index is 12.9. The Morgan fingerprint density at radius 1 is 0.256 bits per heavy atom. The monoisotopic (exact) mass is 1090 g/mol. The standard InChI is InChI=1S/C72H132O6/c1-4-7-10-13-16-19-22-25-27-29-31-33-34-35-36-37-38-39-41-42-44-47-50-53-56-59-62-65-71(74)77-68-69(67-76-70(73)64-61-58-55-52-49-46-24-21-18-15-12-9-6-3)78-72(75)66-63-60-57-54-51-48-45-43-40-32-30-28-26-23-20-17-14-11-8-5-2/h12,15,21-22,24-25,29,31,69H,4-11,13-14,16-20,23,26-28,30,32-68H2,1-3H3/b15-12-,24-21-,25-22-,31-29-. The van der Waals surface area contributed by atoms with E-state index in [1.54, 1.807) is 0 Å². The molecule has 0 amide bonds. The first-order chi connectivity index (χ1) is 38.5. The molecule has 6 heteroatoms. The van der Waals surface area contributed by atoms with Gasteiger partial charge in [-0.3, -0.25) is 14.4 Å². The van der Waals surface area contributed by atoms with Crippen LogP contribution >= 0.6 is 0 Å². The van der Waals surface area contributed by atoms with E-state index in [0.29, 0.717) is 19.3 Å². The van der Waals surface area contributed by atoms with Crippen molar-refractivity contribution in [1.82, 2.24) is 0 Å². The number of hydrogen-bond donors (Lipinski definition) is 0. The molecule has 6 nitrogen and oxygen atoms in total. The van der Waals surface area contributed by atoms with Crippen LogP contribution in [0.4, 0.5) is 0 Å². The van der Waals surface area contributed by atoms with Gasteiger partial charge in [0.2, 0.25) is 0 Å². The van der Waals surface area contributed by atoms with Crippen LogP contribution in [0.3, 0.4) is 0 Å². The zero-order valence-electron chi connectivity index (χ0n) is 52.5. The van der Waals surface area contributed by atoms with Crippen molar-refractivity contribution >= 4 is 17.9 Å². The molecular formula is C72H132O6. The minimum atomic E-state index is -0.777. The molecule has 456 valence electrons. The van der Waals surface area contributed by atoms with Crippen molar-refractivity contribution in [3.05, 3.63) is 48.6 Å². The number of esters is 3. The van der Waals surface area contributed by atoms with E-state index in [-0.39, 0.29) is 31.1 Å². The molecular weight excluding hydrogens is 961 g/mol. The topological polar surface area (TPSA) is 78.9 Å². The molecule has 0 N–H and O–H groups in total. The molecule has 0 radical (unpaired) electrons. The van der Waals surface area contributed by atoms with Crippen LogP contribution in [0.2, 0.25) is 0 Å². The maximum Gasteiger partial charge on any atom is 0.306 e. The molecule has 0 heterocycles. The highest BCUT2D eigenvalue weighted by Gasteiger charge is 2.19. The molecule has 0 aliphatic rings. The van der Waals surface area contributed by atoms with Crippen molar-refractivity contribution in [3.63, 3.8) is 0 Å². The van der Waals surface area contributed by atoms with Crippen LogP contribution < -0.4 is 0 Å². The molecule has 0 aromatic rings. The Morgan fingerprint density at radius 3 is 0.756 bits per heavy atom. The van der Waals surface area contributed by atoms with Crippen LogP contribution in [0.5, 0.6) is 0 Å². The van der Waals surface area contributed by atoms with Gasteiger partial charge in [-0.25, -0.2) is 0 Å². The van der Waals surface area contributed by atoms with Crippen molar-refractivity contribution in [1.29, 1.82) is 0 Å². The van der Waals surface area contributed by atoms with Gasteiger partial charge >= 0.3 is 17.9 Å². The molecule has 1 atom stereocenters. The summed E-state index contributed by atoms with van der Waals surface area (Å²) >= 11 is 0. The van der Waals surface area contributed by atoms with E-state index in [1.807, 2.05) is 0 Å². The van der Waals surface area contributed by atoms with E-state index in [1.165, 1.54) is 244 Å². The van der Waals surface area contributed by atoms with E-state index in [9.17, 15) is 14.4 Å². The number of allylic oxidation sites excluding steroid dienone is 8. The van der Waals surface area contributed by atoms with Gasteiger partial charge in [-0.2, -0.15) is 0 Å². The molecule has 0 saturated heterocycles. The van der Waals surface area contributed by atoms with Crippen LogP contribution in [0.1, 0.15) is 374 Å². The van der Waals surface area contributed by atoms with E-state index >= 15 is 0 Å². The predicted molar refractivity (Wildman–Crippen MR) is 339 cm³/mol. The highest BCUT2D eigenvalue weighted by molar-refractivity contribution is 5.71. The fraction of sp³-hybridized carbons (Fsp3) is 0.847. The lowest BCUT2D eigenvalue weighted by Crippen LogP contribution is -2.30. The predicted octanol–water partition coefficient (Wildman–Crippen LogP) is 23.7. The Morgan fingerprint density at radius 2 is 0.487 bits per heavy atom. The first-order valence-electron chi connectivity index (χ1n) is 34.6. The average Bonchev–Trinajstić information content (AvgIpc) is 3.44. The van der Waals surface area contributed by atoms with E-state index in [4.69, 9.17) is 14.2 Å². The smallest absolute Gasteiger partial charge is 0.306 e. The summed E-state index contributed by atoms with van der Waals surface area (Å²) in [6.07, 6.45) is 84.2. The van der Waals surface area contributed by atoms with Gasteiger partial charge in [0, 0.05) is 19.3 Å². The van der Waals surface area contributed by atoms with Crippen molar-refractivity contribution in [2.24, 2.45) is 0 Å². The van der Waals surface area contributed by atoms with Crippen molar-refractivity contribution in [3.8, 4) is 0 Å². The molecule has 0 fully saturated rings. The molecule has 0 aliphatic heterocycles. The van der Waals surface area contributed by atoms with Gasteiger partial charge in [-0.05, 0) is 77.0 Å². The summed E-state index contributed by atoms with van der Waals surface area (Å²) in [6.45, 7) is 6.62. The average molecular weight is 1090 g/mol. The van der Waals surface area contributed by atoms with Gasteiger partial charge in [0.15, 0.2) is 6.10 Å². The van der Waals surface area contributed by atoms with Gasteiger partial charge in [0.1, 0.15) is 13.2 Å². The van der Waals surface area contributed by atoms with Crippen LogP contribution in [0.25, 0.3) is 0 Å². The van der Waals surface area contributed by atoms with E-state index in [0.717, 1.165) is 89.9 Å². The fourth-order valence-corrected chi connectivity index (χ4v) is 10.3. The largest absolute Gasteiger partial charge is 0.462 e. The molecule has 0 spiro atoms. The molecule has 78 heavy (non-hydrogen) atoms. The second-order valence-electron chi connectivity index (χ2n) is 23.4. The molecule has 0 aliphatic carbocycles. The Bertz CT molecular complexity index is 1350. The lowest BCUT2D eigenvalue weighted by Gasteiger charge is -2.18. The molecule has 0 bridgehead atoms. The summed E-state index contributed by atoms with van der Waals surface area (Å²) in [5.41, 5.74) is 0. The lowest BCUT2D eigenvalue weighted by atomic mass is 10.0. The first-order valence-corrected chi connectivity index (χ1v) is 34.6. The van der Waals surface area contributed by atoms with Crippen LogP contribution in [0.15, 0.2) is 48.6 Å². The van der Waals surface area contributed by atoms with Crippen molar-refractivity contribution < 1.29 is 28.6 Å². The van der Waals surface area contributed by atoms with Crippen LogP contribution in [-0.2, 0) is 28.6 Å². The molecule has 0 rings (SSSR count). The van der Waals surface area contributed by atoms with Gasteiger partial charge in [-0.15, -0.1) is 0 Å². The highest BCUT2D eigenvalue weighted by atomic mass is 16.6. The zero-order valence-corrected chi connectivity index (χ0v) is 52.5. The first kappa shape index (κ1) is 75.4. The summed E-state index contributed by atoms with van der Waals surface area (Å²) in [7, 11) is 0. The molecule has 0 aromatic carbocycles. The highest BCUT2D eigenvalue weighted by Crippen LogP contribution is 2.18. The minimum Gasteiger partial charge on any atom is -0.462 e. The van der Waals surface area contributed by atoms with Crippen LogP contribution in [-0.4, -0.2) is 37.2 Å². The van der Waals surface area contributed by atoms with Crippen molar-refractivity contribution in [2.45, 2.75) is 380 Å². The van der Waals surface area contributed by atoms with Gasteiger partial charge < -0.3 is 14.2 Å². The summed E-state index contributed by atoms with van der Waals surface area (Å²) in [5, 5.41) is 0. The Labute approximate surface area is 486 Å². The molecule has 1 unspecified atom stereocenters. The second-order valence-corrected chi connectivity index (χ2v) is 23.4. The molecule has 0 saturated carbocycles. The fourth-order valence-electron chi connectivity index (χ4n) is 10.3. The summed E-state index contributed by atoms with van der Waals surface area (Å²) in [6, 6.07) is 0. The number of rotatable bonds is 64. The van der Waals surface area contributed by atoms with Crippen LogP contribution in [0, 0.1) is 0 Å². The van der Waals surface area contributed by atoms with Crippen molar-refractivity contribution in [2.75, 3.05) is 13.2 Å². The van der Waals surface area contributed by atoms with Gasteiger partial charge in [0.05, 0.1) is 0 Å². The van der Waals surface area contributed by atoms with Gasteiger partial charge in [0.25, 0.3) is 0 Å². The number of ether oxygens (including phenoxy) is 3. The SMILES string of the molecule is CCC/C=C\C/C=C\CCCCCCCC(=O)OCC(COC(=O)CCCCCCCCCCCCCCCCC/C=C\C/C=C\CCCCCCC)OC(=O)CCCCCCCCCCCCCCCCCCCCCC. The Kier molecular flexibility index (Phi) is 64.6. The Balaban J connectivity index is 4.22. The Hall–Kier alpha value is -2.63. The third-order valence-corrected chi connectivity index (χ3v) is 15.5. The summed E-state index contributed by atoms with van der Waals surface area (Å²) < 4.78 is 17.0. The number of unbranched alkanes of at least 4 members (excludes halogenated alkanes) is 45. The summed E-state index contributed by atoms with van der Waals surface area (Å²) in [4.78, 5) is 38.4. The van der Waals surface area contributed by atoms with E-state index in [2.05, 4.69) is 69.4 Å². The number of carbonyl (C=O) groups excluding carboxylic acids is 3. The summed E-state index contributed by atoms with van der Waals surface area (Å²) in [5.74, 6) is -0.863. The molecule has 0 aromatic heterocycles. The number of carbonyl (C=O) groups is 3. The quantitative estimate of drug-likeness (QED) is 0.0261. The number of hydrogen-bond acceptors (Lipinski definition) is 6. The van der Waals surface area contributed by atoms with Gasteiger partial charge in [-0.1, -0.05) is 326 Å². The second kappa shape index (κ2) is 66.9. The normalized spacial score (nSPS) is 12.3. The lowest BCUT2D eigenvalue weighted by molar-refractivity contribution is -0.167.